The van der Waals surface area contributed by atoms with Crippen LogP contribution in [0.1, 0.15) is 15.9 Å². The molecule has 0 aliphatic carbocycles. The average Bonchev–Trinajstić information content (AvgIpc) is 2.70. The predicted molar refractivity (Wildman–Crippen MR) is 103 cm³/mol. The van der Waals surface area contributed by atoms with E-state index in [2.05, 4.69) is 0 Å². The van der Waals surface area contributed by atoms with Gasteiger partial charge in [0.25, 0.3) is 0 Å². The third-order valence-corrected chi connectivity index (χ3v) is 4.13. The number of carbonyl (C=O) groups excluding carboxylic acids is 1. The van der Waals surface area contributed by atoms with E-state index in [4.69, 9.17) is 14.2 Å². The van der Waals surface area contributed by atoms with Gasteiger partial charge in [-0.05, 0) is 52.7 Å². The first-order valence-corrected chi connectivity index (χ1v) is 8.16. The fourth-order valence-corrected chi connectivity index (χ4v) is 2.70. The first-order valence-electron chi connectivity index (χ1n) is 8.16. The summed E-state index contributed by atoms with van der Waals surface area (Å²) < 4.78 is 15.7. The molecule has 4 heteroatoms. The van der Waals surface area contributed by atoms with Gasteiger partial charge in [0.2, 0.25) is 0 Å². The largest absolute Gasteiger partial charge is 0.497 e. The number of carbonyl (C=O) groups is 1. The number of methoxy groups -OCH3 is 3. The van der Waals surface area contributed by atoms with E-state index in [0.29, 0.717) is 17.1 Å². The Morgan fingerprint density at radius 2 is 1.35 bits per heavy atom. The summed E-state index contributed by atoms with van der Waals surface area (Å²) in [5, 5.41) is 2.02. The van der Waals surface area contributed by atoms with Gasteiger partial charge in [0.1, 0.15) is 17.2 Å². The van der Waals surface area contributed by atoms with Crippen LogP contribution in [0, 0.1) is 0 Å². The molecule has 0 N–H and O–H groups in total. The van der Waals surface area contributed by atoms with Crippen molar-refractivity contribution in [2.24, 2.45) is 0 Å². The first kappa shape index (κ1) is 17.5. The van der Waals surface area contributed by atoms with Crippen LogP contribution < -0.4 is 14.2 Å². The van der Waals surface area contributed by atoms with E-state index in [9.17, 15) is 4.79 Å². The molecule has 0 aromatic heterocycles. The summed E-state index contributed by atoms with van der Waals surface area (Å²) in [4.78, 5) is 12.5. The third kappa shape index (κ3) is 3.86. The summed E-state index contributed by atoms with van der Waals surface area (Å²) in [5.74, 6) is 2.08. The molecular weight excluding hydrogens is 328 g/mol. The minimum absolute atomic E-state index is 0.0653. The molecule has 0 amide bonds. The minimum atomic E-state index is -0.0653. The smallest absolute Gasteiger partial charge is 0.185 e. The van der Waals surface area contributed by atoms with E-state index in [0.717, 1.165) is 22.1 Å². The van der Waals surface area contributed by atoms with E-state index in [-0.39, 0.29) is 5.78 Å². The molecule has 0 saturated carbocycles. The number of rotatable bonds is 6. The molecule has 0 bridgehead atoms. The Bertz CT molecular complexity index is 951. The SMILES string of the molecule is COc1cc(/C=C/C(=O)c2ccc3cc(OC)ccc3c2)cc(OC)c1. The second kappa shape index (κ2) is 7.74. The average molecular weight is 348 g/mol. The normalized spacial score (nSPS) is 10.9. The Morgan fingerprint density at radius 1 is 0.731 bits per heavy atom. The van der Waals surface area contributed by atoms with Crippen molar-refractivity contribution in [2.75, 3.05) is 21.3 Å². The van der Waals surface area contributed by atoms with Crippen LogP contribution in [-0.4, -0.2) is 27.1 Å². The lowest BCUT2D eigenvalue weighted by Gasteiger charge is -2.06. The molecule has 0 aliphatic rings. The van der Waals surface area contributed by atoms with Crippen LogP contribution in [0.2, 0.25) is 0 Å². The van der Waals surface area contributed by atoms with Gasteiger partial charge in [-0.15, -0.1) is 0 Å². The highest BCUT2D eigenvalue weighted by Gasteiger charge is 2.05. The Kier molecular flexibility index (Phi) is 5.23. The van der Waals surface area contributed by atoms with Gasteiger partial charge in [-0.2, -0.15) is 0 Å². The Morgan fingerprint density at radius 3 is 2.00 bits per heavy atom. The second-order valence-electron chi connectivity index (χ2n) is 5.77. The molecule has 3 rings (SSSR count). The van der Waals surface area contributed by atoms with Crippen molar-refractivity contribution < 1.29 is 19.0 Å². The minimum Gasteiger partial charge on any atom is -0.497 e. The molecule has 0 fully saturated rings. The van der Waals surface area contributed by atoms with Gasteiger partial charge in [0.05, 0.1) is 21.3 Å². The van der Waals surface area contributed by atoms with Gasteiger partial charge >= 0.3 is 0 Å². The monoisotopic (exact) mass is 348 g/mol. The van der Waals surface area contributed by atoms with Crippen molar-refractivity contribution >= 4 is 22.6 Å². The molecule has 0 spiro atoms. The predicted octanol–water partition coefficient (Wildman–Crippen LogP) is 4.76. The highest BCUT2D eigenvalue weighted by Crippen LogP contribution is 2.24. The molecule has 0 saturated heterocycles. The molecule has 3 aromatic carbocycles. The zero-order valence-electron chi connectivity index (χ0n) is 15.0. The van der Waals surface area contributed by atoms with Crippen molar-refractivity contribution in [1.29, 1.82) is 0 Å². The maximum absolute atomic E-state index is 12.5. The van der Waals surface area contributed by atoms with Crippen LogP contribution >= 0.6 is 0 Å². The molecule has 0 radical (unpaired) electrons. The molecule has 0 unspecified atom stereocenters. The van der Waals surface area contributed by atoms with Crippen molar-refractivity contribution in [3.05, 3.63) is 71.8 Å². The molecule has 4 nitrogen and oxygen atoms in total. The zero-order valence-corrected chi connectivity index (χ0v) is 15.0. The van der Waals surface area contributed by atoms with Crippen molar-refractivity contribution in [1.82, 2.24) is 0 Å². The quantitative estimate of drug-likeness (QED) is 0.476. The molecule has 26 heavy (non-hydrogen) atoms. The number of benzene rings is 3. The summed E-state index contributed by atoms with van der Waals surface area (Å²) in [6.07, 6.45) is 3.31. The lowest BCUT2D eigenvalue weighted by molar-refractivity contribution is 0.104. The Balaban J connectivity index is 1.85. The van der Waals surface area contributed by atoms with E-state index in [1.54, 1.807) is 39.5 Å². The highest BCUT2D eigenvalue weighted by atomic mass is 16.5. The molecule has 0 atom stereocenters. The fraction of sp³-hybridized carbons (Fsp3) is 0.136. The van der Waals surface area contributed by atoms with Crippen LogP contribution in [0.25, 0.3) is 16.8 Å². The number of hydrogen-bond acceptors (Lipinski definition) is 4. The molecule has 132 valence electrons. The van der Waals surface area contributed by atoms with Gasteiger partial charge < -0.3 is 14.2 Å². The van der Waals surface area contributed by atoms with E-state index in [1.807, 2.05) is 48.5 Å². The number of fused-ring (bicyclic) bond motifs is 1. The number of allylic oxidation sites excluding steroid dienone is 1. The van der Waals surface area contributed by atoms with E-state index < -0.39 is 0 Å². The standard InChI is InChI=1S/C22H20O4/c1-24-19-8-7-16-12-18(6-5-17(16)13-19)22(23)9-4-15-10-20(25-2)14-21(11-15)26-3/h4-14H,1-3H3/b9-4+. The number of ether oxygens (including phenoxy) is 3. The topological polar surface area (TPSA) is 44.8 Å². The van der Waals surface area contributed by atoms with Crippen LogP contribution in [-0.2, 0) is 0 Å². The van der Waals surface area contributed by atoms with Gasteiger partial charge in [-0.1, -0.05) is 24.3 Å². The van der Waals surface area contributed by atoms with Gasteiger partial charge in [0, 0.05) is 11.6 Å². The van der Waals surface area contributed by atoms with Gasteiger partial charge in [0.15, 0.2) is 5.78 Å². The molecule has 0 heterocycles. The fourth-order valence-electron chi connectivity index (χ4n) is 2.70. The van der Waals surface area contributed by atoms with Gasteiger partial charge in [-0.25, -0.2) is 0 Å². The maximum Gasteiger partial charge on any atom is 0.185 e. The Labute approximate surface area is 152 Å². The lowest BCUT2D eigenvalue weighted by Crippen LogP contribution is -1.94. The summed E-state index contributed by atoms with van der Waals surface area (Å²) in [7, 11) is 4.83. The van der Waals surface area contributed by atoms with Crippen LogP contribution in [0.3, 0.4) is 0 Å². The first-order chi connectivity index (χ1) is 12.6. The highest BCUT2D eigenvalue weighted by molar-refractivity contribution is 6.08. The van der Waals surface area contributed by atoms with Crippen LogP contribution in [0.5, 0.6) is 17.2 Å². The summed E-state index contributed by atoms with van der Waals surface area (Å²) in [5.41, 5.74) is 1.47. The summed E-state index contributed by atoms with van der Waals surface area (Å²) in [6, 6.07) is 16.9. The second-order valence-corrected chi connectivity index (χ2v) is 5.77. The molecule has 3 aromatic rings. The summed E-state index contributed by atoms with van der Waals surface area (Å²) in [6.45, 7) is 0. The molecule has 0 aliphatic heterocycles. The maximum atomic E-state index is 12.5. The number of hydrogen-bond donors (Lipinski definition) is 0. The zero-order chi connectivity index (χ0) is 18.5. The van der Waals surface area contributed by atoms with Crippen LogP contribution in [0.15, 0.2) is 60.7 Å². The van der Waals surface area contributed by atoms with E-state index in [1.165, 1.54) is 0 Å². The summed E-state index contributed by atoms with van der Waals surface area (Å²) >= 11 is 0. The van der Waals surface area contributed by atoms with Crippen LogP contribution in [0.4, 0.5) is 0 Å². The Hall–Kier alpha value is -3.27. The molecular formula is C22H20O4. The van der Waals surface area contributed by atoms with Crippen molar-refractivity contribution in [3.63, 3.8) is 0 Å². The lowest BCUT2D eigenvalue weighted by atomic mass is 10.0. The third-order valence-electron chi connectivity index (χ3n) is 4.13. The van der Waals surface area contributed by atoms with E-state index >= 15 is 0 Å². The van der Waals surface area contributed by atoms with Crippen molar-refractivity contribution in [2.45, 2.75) is 0 Å². The van der Waals surface area contributed by atoms with Gasteiger partial charge in [-0.3, -0.25) is 4.79 Å². The van der Waals surface area contributed by atoms with Crippen molar-refractivity contribution in [3.8, 4) is 17.2 Å². The number of ketones is 1.